The van der Waals surface area contributed by atoms with E-state index in [0.717, 1.165) is 31.0 Å². The summed E-state index contributed by atoms with van der Waals surface area (Å²) in [6.07, 6.45) is 3.10. The molecule has 24 heavy (non-hydrogen) atoms. The van der Waals surface area contributed by atoms with Crippen LogP contribution in [0.4, 0.5) is 0 Å². The summed E-state index contributed by atoms with van der Waals surface area (Å²) in [5, 5.41) is 14.4. The number of ether oxygens (including phenoxy) is 1. The fourth-order valence-corrected chi connectivity index (χ4v) is 2.97. The van der Waals surface area contributed by atoms with Crippen LogP contribution in [0.1, 0.15) is 56.1 Å². The maximum absolute atomic E-state index is 10.2. The minimum atomic E-state index is -0.558. The van der Waals surface area contributed by atoms with Crippen LogP contribution >= 0.6 is 0 Å². The van der Waals surface area contributed by atoms with Crippen molar-refractivity contribution < 1.29 is 18.8 Å². The average Bonchev–Trinajstić information content (AvgIpc) is 3.28. The van der Waals surface area contributed by atoms with Crippen molar-refractivity contribution in [1.29, 1.82) is 0 Å². The number of aliphatic hydroxyl groups is 1. The van der Waals surface area contributed by atoms with Crippen molar-refractivity contribution in [2.75, 3.05) is 19.7 Å². The Balaban J connectivity index is 1.49. The van der Waals surface area contributed by atoms with Gasteiger partial charge in [0.1, 0.15) is 12.4 Å². The number of likely N-dealkylation sites (tertiary alicyclic amines) is 1. The molecule has 0 amide bonds. The number of hydrogen-bond donors (Lipinski definition) is 1. The van der Waals surface area contributed by atoms with Gasteiger partial charge in [0.25, 0.3) is 0 Å². The van der Waals surface area contributed by atoms with Gasteiger partial charge < -0.3 is 18.8 Å². The standard InChI is InChI=1S/C17H25N3O4/c1-12(2)17-18-16(19-24-17)15-6-3-7-20(15)9-13(21)10-22-11-14-5-4-8-23-14/h4-5,8,12-13,15,21H,3,6-7,9-11H2,1-2H3/t13-,15+/m1/s1. The summed E-state index contributed by atoms with van der Waals surface area (Å²) < 4.78 is 16.0. The van der Waals surface area contributed by atoms with Crippen LogP contribution in [0.2, 0.25) is 0 Å². The molecule has 1 saturated heterocycles. The van der Waals surface area contributed by atoms with E-state index in [2.05, 4.69) is 15.0 Å². The molecule has 0 saturated carbocycles. The van der Waals surface area contributed by atoms with E-state index in [1.54, 1.807) is 6.26 Å². The van der Waals surface area contributed by atoms with Gasteiger partial charge in [-0.1, -0.05) is 19.0 Å². The van der Waals surface area contributed by atoms with Crippen molar-refractivity contribution in [3.63, 3.8) is 0 Å². The molecule has 0 spiro atoms. The Morgan fingerprint density at radius 1 is 1.46 bits per heavy atom. The molecule has 1 N–H and O–H groups in total. The van der Waals surface area contributed by atoms with E-state index < -0.39 is 6.10 Å². The number of rotatable bonds is 8. The third-order valence-electron chi connectivity index (χ3n) is 4.19. The van der Waals surface area contributed by atoms with Gasteiger partial charge in [0.15, 0.2) is 5.82 Å². The van der Waals surface area contributed by atoms with Gasteiger partial charge in [-0.2, -0.15) is 4.98 Å². The second-order valence-corrected chi connectivity index (χ2v) is 6.55. The number of furan rings is 1. The Labute approximate surface area is 141 Å². The highest BCUT2D eigenvalue weighted by atomic mass is 16.5. The van der Waals surface area contributed by atoms with Gasteiger partial charge >= 0.3 is 0 Å². The molecule has 0 aromatic carbocycles. The predicted molar refractivity (Wildman–Crippen MR) is 86.3 cm³/mol. The van der Waals surface area contributed by atoms with Crippen LogP contribution in [-0.4, -0.2) is 45.9 Å². The van der Waals surface area contributed by atoms with E-state index in [0.29, 0.717) is 19.0 Å². The maximum Gasteiger partial charge on any atom is 0.229 e. The second kappa shape index (κ2) is 7.92. The first-order valence-corrected chi connectivity index (χ1v) is 8.49. The zero-order chi connectivity index (χ0) is 16.9. The molecule has 3 heterocycles. The van der Waals surface area contributed by atoms with E-state index in [9.17, 15) is 5.11 Å². The fourth-order valence-electron chi connectivity index (χ4n) is 2.97. The summed E-state index contributed by atoms with van der Waals surface area (Å²) in [5.74, 6) is 2.37. The SMILES string of the molecule is CC(C)c1nc([C@@H]2CCCN2C[C@@H](O)COCc2ccco2)no1. The zero-order valence-corrected chi connectivity index (χ0v) is 14.2. The fraction of sp³-hybridized carbons (Fsp3) is 0.647. The molecular formula is C17H25N3O4. The van der Waals surface area contributed by atoms with Crippen molar-refractivity contribution in [1.82, 2.24) is 15.0 Å². The molecule has 0 radical (unpaired) electrons. The van der Waals surface area contributed by atoms with Crippen LogP contribution in [0.25, 0.3) is 0 Å². The number of aliphatic hydroxyl groups excluding tert-OH is 1. The van der Waals surface area contributed by atoms with Crippen LogP contribution in [0.15, 0.2) is 27.3 Å². The normalized spacial score (nSPS) is 20.1. The van der Waals surface area contributed by atoms with Gasteiger partial charge in [0, 0.05) is 12.5 Å². The Bertz CT molecular complexity index is 611. The van der Waals surface area contributed by atoms with Crippen LogP contribution in [0.3, 0.4) is 0 Å². The number of β-amino-alcohol motifs (C(OH)–C–C–N with tert-alkyl or cyclic N) is 1. The molecule has 2 aromatic rings. The van der Waals surface area contributed by atoms with Gasteiger partial charge in [-0.3, -0.25) is 4.90 Å². The Kier molecular flexibility index (Phi) is 5.65. The van der Waals surface area contributed by atoms with E-state index in [1.165, 1.54) is 0 Å². The minimum absolute atomic E-state index is 0.112. The lowest BCUT2D eigenvalue weighted by molar-refractivity contribution is 0.00252. The summed E-state index contributed by atoms with van der Waals surface area (Å²) in [6.45, 7) is 6.16. The van der Waals surface area contributed by atoms with E-state index >= 15 is 0 Å². The lowest BCUT2D eigenvalue weighted by Crippen LogP contribution is -2.35. The summed E-state index contributed by atoms with van der Waals surface area (Å²) in [4.78, 5) is 6.70. The Hall–Kier alpha value is -1.70. The maximum atomic E-state index is 10.2. The molecule has 1 fully saturated rings. The zero-order valence-electron chi connectivity index (χ0n) is 14.2. The molecule has 1 aliphatic rings. The largest absolute Gasteiger partial charge is 0.467 e. The van der Waals surface area contributed by atoms with Gasteiger partial charge in [-0.05, 0) is 31.5 Å². The van der Waals surface area contributed by atoms with Gasteiger partial charge in [0.05, 0.1) is 25.0 Å². The molecule has 132 valence electrons. The smallest absolute Gasteiger partial charge is 0.229 e. The van der Waals surface area contributed by atoms with E-state index in [4.69, 9.17) is 13.7 Å². The van der Waals surface area contributed by atoms with Crippen molar-refractivity contribution in [3.8, 4) is 0 Å². The summed E-state index contributed by atoms with van der Waals surface area (Å²) in [6, 6.07) is 3.78. The van der Waals surface area contributed by atoms with Crippen molar-refractivity contribution >= 4 is 0 Å². The lowest BCUT2D eigenvalue weighted by atomic mass is 10.2. The molecule has 0 bridgehead atoms. The number of aromatic nitrogens is 2. The van der Waals surface area contributed by atoms with Gasteiger partial charge in [-0.25, -0.2) is 0 Å². The quantitative estimate of drug-likeness (QED) is 0.793. The van der Waals surface area contributed by atoms with Crippen LogP contribution < -0.4 is 0 Å². The summed E-state index contributed by atoms with van der Waals surface area (Å²) >= 11 is 0. The highest BCUT2D eigenvalue weighted by molar-refractivity contribution is 5.00. The monoisotopic (exact) mass is 335 g/mol. The third kappa shape index (κ3) is 4.23. The molecule has 1 aliphatic heterocycles. The molecule has 2 atom stereocenters. The minimum Gasteiger partial charge on any atom is -0.467 e. The van der Waals surface area contributed by atoms with Gasteiger partial charge in [-0.15, -0.1) is 0 Å². The molecule has 0 aliphatic carbocycles. The second-order valence-electron chi connectivity index (χ2n) is 6.55. The average molecular weight is 335 g/mol. The Morgan fingerprint density at radius 2 is 2.33 bits per heavy atom. The lowest BCUT2D eigenvalue weighted by Gasteiger charge is -2.24. The highest BCUT2D eigenvalue weighted by Crippen LogP contribution is 2.30. The molecule has 7 nitrogen and oxygen atoms in total. The molecule has 7 heteroatoms. The summed E-state index contributed by atoms with van der Waals surface area (Å²) in [5.41, 5.74) is 0. The molecular weight excluding hydrogens is 310 g/mol. The van der Waals surface area contributed by atoms with Gasteiger partial charge in [0.2, 0.25) is 5.89 Å². The molecule has 0 unspecified atom stereocenters. The van der Waals surface area contributed by atoms with Crippen molar-refractivity contribution in [2.45, 2.75) is 51.4 Å². The first kappa shape index (κ1) is 17.1. The van der Waals surface area contributed by atoms with E-state index in [-0.39, 0.29) is 18.6 Å². The number of hydrogen-bond acceptors (Lipinski definition) is 7. The first-order valence-electron chi connectivity index (χ1n) is 8.49. The highest BCUT2D eigenvalue weighted by Gasteiger charge is 2.31. The van der Waals surface area contributed by atoms with Crippen molar-refractivity contribution in [2.24, 2.45) is 0 Å². The third-order valence-corrected chi connectivity index (χ3v) is 4.19. The van der Waals surface area contributed by atoms with E-state index in [1.807, 2.05) is 26.0 Å². The predicted octanol–water partition coefficient (Wildman–Crippen LogP) is 2.50. The van der Waals surface area contributed by atoms with Crippen LogP contribution in [0, 0.1) is 0 Å². The molecule has 3 rings (SSSR count). The van der Waals surface area contributed by atoms with Crippen LogP contribution in [0.5, 0.6) is 0 Å². The molecule has 2 aromatic heterocycles. The Morgan fingerprint density at radius 3 is 3.04 bits per heavy atom. The summed E-state index contributed by atoms with van der Waals surface area (Å²) in [7, 11) is 0. The van der Waals surface area contributed by atoms with Crippen LogP contribution in [-0.2, 0) is 11.3 Å². The van der Waals surface area contributed by atoms with Crippen molar-refractivity contribution in [3.05, 3.63) is 35.9 Å². The number of nitrogens with zero attached hydrogens (tertiary/aromatic N) is 3. The topological polar surface area (TPSA) is 84.8 Å². The first-order chi connectivity index (χ1) is 11.6.